The highest BCUT2D eigenvalue weighted by atomic mass is 32.2. The molecule has 2 N–H and O–H groups in total. The Morgan fingerprint density at radius 3 is 2.62 bits per heavy atom. The fourth-order valence-corrected chi connectivity index (χ4v) is 3.30. The van der Waals surface area contributed by atoms with Crippen molar-refractivity contribution in [3.8, 4) is 11.5 Å². The molecule has 0 aliphatic carbocycles. The summed E-state index contributed by atoms with van der Waals surface area (Å²) in [5.74, 6) is 1.26. The maximum absolute atomic E-state index is 13.9. The first-order valence-electron chi connectivity index (χ1n) is 6.78. The zero-order valence-corrected chi connectivity index (χ0v) is 12.2. The second-order valence-corrected chi connectivity index (χ2v) is 5.95. The van der Waals surface area contributed by atoms with Crippen molar-refractivity contribution in [1.82, 2.24) is 0 Å². The van der Waals surface area contributed by atoms with Crippen LogP contribution in [0.4, 0.5) is 4.39 Å². The van der Waals surface area contributed by atoms with E-state index < -0.39 is 0 Å². The summed E-state index contributed by atoms with van der Waals surface area (Å²) in [4.78, 5) is 0.984. The fourth-order valence-electron chi connectivity index (χ4n) is 2.24. The zero-order chi connectivity index (χ0) is 14.7. The molecule has 1 aliphatic rings. The van der Waals surface area contributed by atoms with Gasteiger partial charge in [-0.2, -0.15) is 0 Å². The topological polar surface area (TPSA) is 44.5 Å². The Kier molecular flexibility index (Phi) is 4.31. The number of halogens is 1. The van der Waals surface area contributed by atoms with Crippen LogP contribution in [-0.2, 0) is 0 Å². The molecule has 2 aromatic carbocycles. The van der Waals surface area contributed by atoms with Gasteiger partial charge in [0, 0.05) is 22.3 Å². The Morgan fingerprint density at radius 2 is 1.86 bits per heavy atom. The Labute approximate surface area is 127 Å². The van der Waals surface area contributed by atoms with Gasteiger partial charge in [-0.15, -0.1) is 11.8 Å². The minimum atomic E-state index is -0.224. The molecule has 1 atom stereocenters. The molecule has 0 spiro atoms. The minimum absolute atomic E-state index is 0.131. The average molecular weight is 305 g/mol. The van der Waals surface area contributed by atoms with E-state index in [9.17, 15) is 4.39 Å². The van der Waals surface area contributed by atoms with Crippen LogP contribution in [0.25, 0.3) is 0 Å². The van der Waals surface area contributed by atoms with Gasteiger partial charge in [0.2, 0.25) is 0 Å². The Hall–Kier alpha value is -1.72. The van der Waals surface area contributed by atoms with E-state index in [1.165, 1.54) is 17.8 Å². The predicted octanol–water partition coefficient (Wildman–Crippen LogP) is 3.39. The predicted molar refractivity (Wildman–Crippen MR) is 81.5 cm³/mol. The molecule has 0 saturated heterocycles. The van der Waals surface area contributed by atoms with E-state index >= 15 is 0 Å². The number of hydrogen-bond acceptors (Lipinski definition) is 4. The van der Waals surface area contributed by atoms with Crippen LogP contribution in [0.5, 0.6) is 11.5 Å². The van der Waals surface area contributed by atoms with Gasteiger partial charge in [-0.25, -0.2) is 4.39 Å². The first-order chi connectivity index (χ1) is 10.3. The molecule has 1 unspecified atom stereocenters. The van der Waals surface area contributed by atoms with Crippen molar-refractivity contribution in [3.63, 3.8) is 0 Å². The SMILES string of the molecule is NCC(Sc1ccc2c(c1)OCCO2)c1ccccc1F. The quantitative estimate of drug-likeness (QED) is 0.880. The molecule has 110 valence electrons. The van der Waals surface area contributed by atoms with Gasteiger partial charge in [-0.1, -0.05) is 18.2 Å². The van der Waals surface area contributed by atoms with Gasteiger partial charge in [0.05, 0.1) is 0 Å². The molecule has 0 aromatic heterocycles. The monoisotopic (exact) mass is 305 g/mol. The van der Waals surface area contributed by atoms with E-state index in [-0.39, 0.29) is 11.1 Å². The molecule has 0 fully saturated rings. The van der Waals surface area contributed by atoms with Crippen molar-refractivity contribution in [2.45, 2.75) is 10.1 Å². The van der Waals surface area contributed by atoms with Crippen molar-refractivity contribution in [1.29, 1.82) is 0 Å². The molecule has 1 heterocycles. The lowest BCUT2D eigenvalue weighted by atomic mass is 10.1. The van der Waals surface area contributed by atoms with Crippen LogP contribution in [0.1, 0.15) is 10.8 Å². The molecule has 21 heavy (non-hydrogen) atoms. The van der Waals surface area contributed by atoms with Crippen LogP contribution in [0, 0.1) is 5.82 Å². The van der Waals surface area contributed by atoms with Gasteiger partial charge in [-0.3, -0.25) is 0 Å². The lowest BCUT2D eigenvalue weighted by Crippen LogP contribution is -2.15. The number of fused-ring (bicyclic) bond motifs is 1. The largest absolute Gasteiger partial charge is 0.486 e. The highest BCUT2D eigenvalue weighted by Gasteiger charge is 2.17. The fraction of sp³-hybridized carbons (Fsp3) is 0.250. The summed E-state index contributed by atoms with van der Waals surface area (Å²) in [6.07, 6.45) is 0. The van der Waals surface area contributed by atoms with Crippen molar-refractivity contribution in [2.75, 3.05) is 19.8 Å². The Bertz CT molecular complexity index is 635. The van der Waals surface area contributed by atoms with Gasteiger partial charge >= 0.3 is 0 Å². The summed E-state index contributed by atoms with van der Waals surface area (Å²) in [5.41, 5.74) is 6.44. The number of ether oxygens (including phenoxy) is 2. The van der Waals surface area contributed by atoms with E-state index in [1.54, 1.807) is 12.1 Å². The number of benzene rings is 2. The maximum atomic E-state index is 13.9. The highest BCUT2D eigenvalue weighted by Crippen LogP contribution is 2.40. The third-order valence-electron chi connectivity index (χ3n) is 3.26. The van der Waals surface area contributed by atoms with Crippen LogP contribution < -0.4 is 15.2 Å². The highest BCUT2D eigenvalue weighted by molar-refractivity contribution is 7.99. The van der Waals surface area contributed by atoms with Gasteiger partial charge in [0.15, 0.2) is 11.5 Å². The molecule has 1 aliphatic heterocycles. The van der Waals surface area contributed by atoms with Gasteiger partial charge in [0.1, 0.15) is 19.0 Å². The van der Waals surface area contributed by atoms with Crippen LogP contribution in [-0.4, -0.2) is 19.8 Å². The number of hydrogen-bond donors (Lipinski definition) is 1. The molecule has 3 rings (SSSR count). The van der Waals surface area contributed by atoms with E-state index in [0.29, 0.717) is 25.3 Å². The average Bonchev–Trinajstić information content (AvgIpc) is 2.53. The van der Waals surface area contributed by atoms with Crippen molar-refractivity contribution in [2.24, 2.45) is 5.73 Å². The second kappa shape index (κ2) is 6.37. The molecule has 5 heteroatoms. The van der Waals surface area contributed by atoms with E-state index in [2.05, 4.69) is 0 Å². The summed E-state index contributed by atoms with van der Waals surface area (Å²) in [5, 5.41) is -0.131. The molecular formula is C16H16FNO2S. The van der Waals surface area contributed by atoms with Crippen molar-refractivity contribution in [3.05, 3.63) is 53.8 Å². The standard InChI is InChI=1S/C16H16FNO2S/c17-13-4-2-1-3-12(13)16(10-18)21-11-5-6-14-15(9-11)20-8-7-19-14/h1-6,9,16H,7-8,10,18H2. The first-order valence-corrected chi connectivity index (χ1v) is 7.66. The van der Waals surface area contributed by atoms with Crippen LogP contribution in [0.15, 0.2) is 47.4 Å². The maximum Gasteiger partial charge on any atom is 0.162 e. The van der Waals surface area contributed by atoms with Crippen LogP contribution >= 0.6 is 11.8 Å². The van der Waals surface area contributed by atoms with Crippen molar-refractivity contribution < 1.29 is 13.9 Å². The first kappa shape index (κ1) is 14.2. The second-order valence-electron chi connectivity index (χ2n) is 4.67. The van der Waals surface area contributed by atoms with E-state index in [0.717, 1.165) is 16.4 Å². The summed E-state index contributed by atoms with van der Waals surface area (Å²) in [6.45, 7) is 1.48. The smallest absolute Gasteiger partial charge is 0.162 e. The molecular weight excluding hydrogens is 289 g/mol. The Morgan fingerprint density at radius 1 is 1.10 bits per heavy atom. The number of nitrogens with two attached hydrogens (primary N) is 1. The zero-order valence-electron chi connectivity index (χ0n) is 11.4. The lowest BCUT2D eigenvalue weighted by molar-refractivity contribution is 0.171. The molecule has 2 aromatic rings. The van der Waals surface area contributed by atoms with Crippen LogP contribution in [0.2, 0.25) is 0 Å². The summed E-state index contributed by atoms with van der Waals surface area (Å²) >= 11 is 1.53. The third-order valence-corrected chi connectivity index (χ3v) is 4.52. The number of thioether (sulfide) groups is 1. The normalized spacial score (nSPS) is 14.8. The van der Waals surface area contributed by atoms with E-state index in [1.807, 2.05) is 24.3 Å². The molecule has 0 radical (unpaired) electrons. The minimum Gasteiger partial charge on any atom is -0.486 e. The third kappa shape index (κ3) is 3.14. The lowest BCUT2D eigenvalue weighted by Gasteiger charge is -2.20. The van der Waals surface area contributed by atoms with Gasteiger partial charge in [-0.05, 0) is 24.3 Å². The molecule has 3 nitrogen and oxygen atoms in total. The molecule has 0 amide bonds. The van der Waals surface area contributed by atoms with Gasteiger partial charge < -0.3 is 15.2 Å². The summed E-state index contributed by atoms with van der Waals surface area (Å²) < 4.78 is 24.9. The molecule has 0 saturated carbocycles. The molecule has 0 bridgehead atoms. The van der Waals surface area contributed by atoms with Crippen molar-refractivity contribution >= 4 is 11.8 Å². The van der Waals surface area contributed by atoms with Crippen LogP contribution in [0.3, 0.4) is 0 Å². The summed E-state index contributed by atoms with van der Waals surface area (Å²) in [7, 11) is 0. The van der Waals surface area contributed by atoms with Gasteiger partial charge in [0.25, 0.3) is 0 Å². The summed E-state index contributed by atoms with van der Waals surface area (Å²) in [6, 6.07) is 12.5. The Balaban J connectivity index is 1.83. The number of rotatable bonds is 4. The van der Waals surface area contributed by atoms with E-state index in [4.69, 9.17) is 15.2 Å².